The van der Waals surface area contributed by atoms with Gasteiger partial charge in [-0.05, 0) is 31.3 Å². The zero-order valence-corrected chi connectivity index (χ0v) is 13.9. The summed E-state index contributed by atoms with van der Waals surface area (Å²) >= 11 is 5.79. The van der Waals surface area contributed by atoms with Crippen molar-refractivity contribution in [1.82, 2.24) is 9.80 Å². The summed E-state index contributed by atoms with van der Waals surface area (Å²) in [5.41, 5.74) is 0.614. The van der Waals surface area contributed by atoms with Gasteiger partial charge in [-0.2, -0.15) is 0 Å². The van der Waals surface area contributed by atoms with Crippen LogP contribution in [0.25, 0.3) is 0 Å². The lowest BCUT2D eigenvalue weighted by molar-refractivity contribution is -0.144. The molecule has 1 aromatic rings. The lowest BCUT2D eigenvalue weighted by Gasteiger charge is -2.33. The van der Waals surface area contributed by atoms with Crippen molar-refractivity contribution in [1.29, 1.82) is 0 Å². The summed E-state index contributed by atoms with van der Waals surface area (Å²) in [5, 5.41) is 12.7. The number of rotatable bonds is 6. The fourth-order valence-electron chi connectivity index (χ4n) is 2.54. The second-order valence-electron chi connectivity index (χ2n) is 5.90. The largest absolute Gasteiger partial charge is 0.481 e. The van der Waals surface area contributed by atoms with Gasteiger partial charge in [0.15, 0.2) is 0 Å². The summed E-state index contributed by atoms with van der Waals surface area (Å²) in [6.45, 7) is 3.90. The van der Waals surface area contributed by atoms with Gasteiger partial charge in [-0.3, -0.25) is 14.5 Å². The van der Waals surface area contributed by atoms with Crippen LogP contribution in [0.15, 0.2) is 24.3 Å². The quantitative estimate of drug-likeness (QED) is 0.824. The number of hydrogen-bond donors (Lipinski definition) is 2. The highest BCUT2D eigenvalue weighted by Crippen LogP contribution is 2.15. The van der Waals surface area contributed by atoms with Gasteiger partial charge >= 0.3 is 5.97 Å². The third-order valence-corrected chi connectivity index (χ3v) is 4.24. The second kappa shape index (κ2) is 8.29. The van der Waals surface area contributed by atoms with Crippen molar-refractivity contribution >= 4 is 29.2 Å². The third kappa shape index (κ3) is 5.82. The van der Waals surface area contributed by atoms with Gasteiger partial charge in [-0.15, -0.1) is 0 Å². The molecule has 1 aliphatic heterocycles. The van der Waals surface area contributed by atoms with Crippen molar-refractivity contribution in [2.75, 3.05) is 45.1 Å². The summed E-state index contributed by atoms with van der Waals surface area (Å²) < 4.78 is 0. The first-order valence-corrected chi connectivity index (χ1v) is 8.01. The van der Waals surface area contributed by atoms with Crippen molar-refractivity contribution < 1.29 is 14.7 Å². The van der Waals surface area contributed by atoms with E-state index < -0.39 is 11.9 Å². The highest BCUT2D eigenvalue weighted by molar-refractivity contribution is 6.30. The summed E-state index contributed by atoms with van der Waals surface area (Å²) in [7, 11) is 2.05. The van der Waals surface area contributed by atoms with Crippen molar-refractivity contribution in [3.63, 3.8) is 0 Å². The molecule has 0 radical (unpaired) electrons. The Bertz CT molecular complexity index is 542. The lowest BCUT2D eigenvalue weighted by Crippen LogP contribution is -2.47. The highest BCUT2D eigenvalue weighted by Gasteiger charge is 2.25. The van der Waals surface area contributed by atoms with Gasteiger partial charge in [-0.25, -0.2) is 0 Å². The molecule has 0 aliphatic carbocycles. The topological polar surface area (TPSA) is 72.9 Å². The highest BCUT2D eigenvalue weighted by atomic mass is 35.5. The minimum absolute atomic E-state index is 0.0374. The first kappa shape index (κ1) is 17.7. The maximum atomic E-state index is 12.1. The number of nitrogens with one attached hydrogen (secondary N) is 1. The Kier molecular flexibility index (Phi) is 6.38. The molecule has 1 amide bonds. The number of carbonyl (C=O) groups is 2. The lowest BCUT2D eigenvalue weighted by atomic mass is 10.0. The number of carbonyl (C=O) groups excluding carboxylic acids is 1. The number of benzene rings is 1. The molecular formula is C16H22ClN3O3. The third-order valence-electron chi connectivity index (χ3n) is 3.98. The molecule has 1 aliphatic rings. The molecule has 1 aromatic carbocycles. The van der Waals surface area contributed by atoms with Gasteiger partial charge < -0.3 is 15.3 Å². The molecular weight excluding hydrogens is 318 g/mol. The van der Waals surface area contributed by atoms with E-state index in [2.05, 4.69) is 15.1 Å². The first-order chi connectivity index (χ1) is 10.9. The van der Waals surface area contributed by atoms with Crippen LogP contribution in [0.3, 0.4) is 0 Å². The fraction of sp³-hybridized carbons (Fsp3) is 0.500. The Morgan fingerprint density at radius 1 is 1.22 bits per heavy atom. The van der Waals surface area contributed by atoms with Gasteiger partial charge in [0.1, 0.15) is 0 Å². The molecule has 2 N–H and O–H groups in total. The van der Waals surface area contributed by atoms with E-state index in [0.29, 0.717) is 17.3 Å². The maximum Gasteiger partial charge on any atom is 0.308 e. The molecule has 7 heteroatoms. The Balaban J connectivity index is 1.87. The Morgan fingerprint density at radius 3 is 2.39 bits per heavy atom. The number of halogens is 1. The molecule has 1 heterocycles. The van der Waals surface area contributed by atoms with Gasteiger partial charge in [0.05, 0.1) is 5.92 Å². The number of nitrogens with zero attached hydrogens (tertiary/aromatic N) is 2. The van der Waals surface area contributed by atoms with E-state index in [0.717, 1.165) is 26.2 Å². The van der Waals surface area contributed by atoms with Gasteiger partial charge in [0.25, 0.3) is 0 Å². The van der Waals surface area contributed by atoms with Crippen LogP contribution in [0, 0.1) is 5.92 Å². The number of amides is 1. The number of piperazine rings is 1. The Morgan fingerprint density at radius 2 is 1.83 bits per heavy atom. The van der Waals surface area contributed by atoms with E-state index in [9.17, 15) is 14.7 Å². The van der Waals surface area contributed by atoms with Crippen LogP contribution in [0.5, 0.6) is 0 Å². The summed E-state index contributed by atoms with van der Waals surface area (Å²) in [4.78, 5) is 27.8. The predicted molar refractivity (Wildman–Crippen MR) is 89.8 cm³/mol. The van der Waals surface area contributed by atoms with Crippen molar-refractivity contribution in [2.45, 2.75) is 6.42 Å². The summed E-state index contributed by atoms with van der Waals surface area (Å²) in [5.74, 6) is -1.94. The minimum atomic E-state index is -0.935. The minimum Gasteiger partial charge on any atom is -0.481 e. The van der Waals surface area contributed by atoms with Crippen LogP contribution in [-0.4, -0.2) is 66.6 Å². The van der Waals surface area contributed by atoms with Crippen LogP contribution in [-0.2, 0) is 9.59 Å². The molecule has 1 saturated heterocycles. The van der Waals surface area contributed by atoms with Crippen LogP contribution in [0.4, 0.5) is 5.69 Å². The number of aliphatic carboxylic acids is 1. The van der Waals surface area contributed by atoms with Crippen molar-refractivity contribution in [2.24, 2.45) is 5.92 Å². The molecule has 0 aromatic heterocycles. The maximum absolute atomic E-state index is 12.1. The Labute approximate surface area is 141 Å². The smallest absolute Gasteiger partial charge is 0.308 e. The van der Waals surface area contributed by atoms with Gasteiger partial charge in [0, 0.05) is 49.9 Å². The molecule has 126 valence electrons. The van der Waals surface area contributed by atoms with Crippen LogP contribution >= 0.6 is 11.6 Å². The molecule has 0 bridgehead atoms. The number of anilines is 1. The molecule has 23 heavy (non-hydrogen) atoms. The van der Waals surface area contributed by atoms with E-state index in [1.807, 2.05) is 7.05 Å². The van der Waals surface area contributed by atoms with Crippen molar-refractivity contribution in [3.8, 4) is 0 Å². The van der Waals surface area contributed by atoms with E-state index >= 15 is 0 Å². The van der Waals surface area contributed by atoms with Crippen LogP contribution < -0.4 is 5.32 Å². The SMILES string of the molecule is CN1CCN(C[C@@H](CC(=O)Nc2ccc(Cl)cc2)C(=O)O)CC1. The molecule has 2 rings (SSSR count). The number of carboxylic acids is 1. The Hall–Kier alpha value is -1.63. The van der Waals surface area contributed by atoms with E-state index in [1.54, 1.807) is 24.3 Å². The first-order valence-electron chi connectivity index (χ1n) is 7.63. The van der Waals surface area contributed by atoms with Gasteiger partial charge in [-0.1, -0.05) is 11.6 Å². The van der Waals surface area contributed by atoms with Crippen LogP contribution in [0.2, 0.25) is 5.02 Å². The number of likely N-dealkylation sites (N-methyl/N-ethyl adjacent to an activating group) is 1. The number of hydrogen-bond acceptors (Lipinski definition) is 4. The molecule has 0 unspecified atom stereocenters. The van der Waals surface area contributed by atoms with Crippen LogP contribution in [0.1, 0.15) is 6.42 Å². The zero-order chi connectivity index (χ0) is 16.8. The fourth-order valence-corrected chi connectivity index (χ4v) is 2.67. The van der Waals surface area contributed by atoms with Crippen molar-refractivity contribution in [3.05, 3.63) is 29.3 Å². The average Bonchev–Trinajstić information content (AvgIpc) is 2.51. The van der Waals surface area contributed by atoms with E-state index in [4.69, 9.17) is 11.6 Å². The summed E-state index contributed by atoms with van der Waals surface area (Å²) in [6.07, 6.45) is -0.0374. The molecule has 6 nitrogen and oxygen atoms in total. The standard InChI is InChI=1S/C16H22ClN3O3/c1-19-6-8-20(9-7-19)11-12(16(22)23)10-15(21)18-14-4-2-13(17)3-5-14/h2-5,12H,6-11H2,1H3,(H,18,21)(H,22,23)/t12-/m1/s1. The summed E-state index contributed by atoms with van der Waals surface area (Å²) in [6, 6.07) is 6.74. The van der Waals surface area contributed by atoms with Gasteiger partial charge in [0.2, 0.25) is 5.91 Å². The average molecular weight is 340 g/mol. The predicted octanol–water partition coefficient (Wildman–Crippen LogP) is 1.62. The molecule has 0 saturated carbocycles. The number of carboxylic acid groups (broad SMARTS) is 1. The van der Waals surface area contributed by atoms with E-state index in [1.165, 1.54) is 0 Å². The molecule has 0 spiro atoms. The molecule has 1 atom stereocenters. The zero-order valence-electron chi connectivity index (χ0n) is 13.2. The normalized spacial score (nSPS) is 17.7. The second-order valence-corrected chi connectivity index (χ2v) is 6.33. The monoisotopic (exact) mass is 339 g/mol. The molecule has 1 fully saturated rings. The van der Waals surface area contributed by atoms with E-state index in [-0.39, 0.29) is 12.3 Å².